The zero-order valence-corrected chi connectivity index (χ0v) is 14.2. The van der Waals surface area contributed by atoms with Crippen molar-refractivity contribution < 1.29 is 4.74 Å². The molecule has 1 aromatic heterocycles. The number of aromatic amines is 1. The third-order valence-corrected chi connectivity index (χ3v) is 4.88. The number of benzene rings is 3. The van der Waals surface area contributed by atoms with Crippen molar-refractivity contribution in [2.75, 3.05) is 0 Å². The highest BCUT2D eigenvalue weighted by Gasteiger charge is 2.33. The molecule has 1 aliphatic rings. The molecule has 5 rings (SSSR count). The highest BCUT2D eigenvalue weighted by atomic mass is 16.5. The van der Waals surface area contributed by atoms with Gasteiger partial charge >= 0.3 is 0 Å². The van der Waals surface area contributed by atoms with Crippen LogP contribution in [0.15, 0.2) is 71.5 Å². The first-order valence-electron chi connectivity index (χ1n) is 8.57. The first-order chi connectivity index (χ1) is 12.7. The third kappa shape index (κ3) is 2.15. The molecule has 0 spiro atoms. The molecule has 1 aliphatic heterocycles. The predicted molar refractivity (Wildman–Crippen MR) is 101 cm³/mol. The van der Waals surface area contributed by atoms with Gasteiger partial charge in [0.25, 0.3) is 5.56 Å². The van der Waals surface area contributed by atoms with Gasteiger partial charge in [0.2, 0.25) is 5.88 Å². The molecule has 1 N–H and O–H groups in total. The first-order valence-corrected chi connectivity index (χ1v) is 8.57. The fourth-order valence-corrected chi connectivity index (χ4v) is 3.75. The number of nitrogens with zero attached hydrogens (tertiary/aromatic N) is 1. The zero-order valence-electron chi connectivity index (χ0n) is 14.2. The van der Waals surface area contributed by atoms with E-state index in [4.69, 9.17) is 4.74 Å². The number of aryl methyl sites for hydroxylation is 1. The third-order valence-electron chi connectivity index (χ3n) is 4.88. The molecule has 3 aromatic carbocycles. The van der Waals surface area contributed by atoms with Gasteiger partial charge in [-0.3, -0.25) is 4.79 Å². The molecular formula is C22H16N2O2. The van der Waals surface area contributed by atoms with Crippen molar-refractivity contribution in [2.45, 2.75) is 12.8 Å². The summed E-state index contributed by atoms with van der Waals surface area (Å²) in [5.74, 6) is 1.51. The average Bonchev–Trinajstić information content (AvgIpc) is 2.67. The molecule has 0 bridgehead atoms. The van der Waals surface area contributed by atoms with Crippen LogP contribution >= 0.6 is 0 Å². The lowest BCUT2D eigenvalue weighted by Crippen LogP contribution is -2.24. The number of hydrogen-bond acceptors (Lipinski definition) is 3. The van der Waals surface area contributed by atoms with E-state index in [0.717, 1.165) is 27.6 Å². The van der Waals surface area contributed by atoms with Crippen molar-refractivity contribution in [3.63, 3.8) is 0 Å². The van der Waals surface area contributed by atoms with E-state index in [1.54, 1.807) is 6.92 Å². The summed E-state index contributed by atoms with van der Waals surface area (Å²) in [6.07, 6.45) is 0. The van der Waals surface area contributed by atoms with E-state index in [0.29, 0.717) is 17.3 Å². The normalized spacial score (nSPS) is 15.2. The minimum Gasteiger partial charge on any atom is -0.437 e. The summed E-state index contributed by atoms with van der Waals surface area (Å²) in [5.41, 5.74) is 2.44. The average molecular weight is 340 g/mol. The van der Waals surface area contributed by atoms with E-state index in [1.807, 2.05) is 48.5 Å². The minimum atomic E-state index is -0.212. The van der Waals surface area contributed by atoms with Crippen molar-refractivity contribution in [2.24, 2.45) is 0 Å². The molecule has 4 aromatic rings. The fraction of sp³-hybridized carbons (Fsp3) is 0.0909. The molecule has 0 amide bonds. The highest BCUT2D eigenvalue weighted by molar-refractivity contribution is 5.91. The van der Waals surface area contributed by atoms with Gasteiger partial charge in [-0.15, -0.1) is 0 Å². The Kier molecular flexibility index (Phi) is 3.19. The van der Waals surface area contributed by atoms with Crippen LogP contribution < -0.4 is 10.3 Å². The Hall–Kier alpha value is -3.40. The summed E-state index contributed by atoms with van der Waals surface area (Å²) >= 11 is 0. The molecule has 26 heavy (non-hydrogen) atoms. The monoisotopic (exact) mass is 340 g/mol. The van der Waals surface area contributed by atoms with Gasteiger partial charge in [0, 0.05) is 16.9 Å². The largest absolute Gasteiger partial charge is 0.437 e. The zero-order chi connectivity index (χ0) is 17.7. The van der Waals surface area contributed by atoms with Crippen LogP contribution in [0.1, 0.15) is 28.4 Å². The highest BCUT2D eigenvalue weighted by Crippen LogP contribution is 2.47. The number of ether oxygens (including phenoxy) is 1. The fourth-order valence-electron chi connectivity index (χ4n) is 3.75. The molecule has 2 heterocycles. The Morgan fingerprint density at radius 3 is 2.58 bits per heavy atom. The van der Waals surface area contributed by atoms with Crippen LogP contribution in [0.5, 0.6) is 11.6 Å². The number of hydrogen-bond donors (Lipinski definition) is 1. The van der Waals surface area contributed by atoms with Gasteiger partial charge in [0.05, 0.1) is 5.56 Å². The van der Waals surface area contributed by atoms with E-state index >= 15 is 0 Å². The maximum Gasteiger partial charge on any atom is 0.258 e. The Morgan fingerprint density at radius 2 is 1.73 bits per heavy atom. The number of rotatable bonds is 1. The molecule has 0 aliphatic carbocycles. The maximum atomic E-state index is 12.8. The van der Waals surface area contributed by atoms with Gasteiger partial charge in [0.15, 0.2) is 0 Å². The van der Waals surface area contributed by atoms with Crippen molar-refractivity contribution >= 4 is 10.8 Å². The molecule has 0 saturated carbocycles. The lowest BCUT2D eigenvalue weighted by Gasteiger charge is -2.28. The molecule has 0 radical (unpaired) electrons. The minimum absolute atomic E-state index is 0.153. The second-order valence-electron chi connectivity index (χ2n) is 6.52. The number of H-pyrrole nitrogens is 1. The van der Waals surface area contributed by atoms with Gasteiger partial charge in [-0.2, -0.15) is 4.98 Å². The Morgan fingerprint density at radius 1 is 0.962 bits per heavy atom. The SMILES string of the molecule is Cc1nc2c(c(=O)[nH]1)C(c1ccccc1)c1ccc3ccccc3c1O2. The van der Waals surface area contributed by atoms with Crippen LogP contribution in [0.2, 0.25) is 0 Å². The van der Waals surface area contributed by atoms with Gasteiger partial charge in [-0.25, -0.2) is 0 Å². The summed E-state index contributed by atoms with van der Waals surface area (Å²) in [7, 11) is 0. The Balaban J connectivity index is 1.88. The van der Waals surface area contributed by atoms with Crippen molar-refractivity contribution in [3.8, 4) is 11.6 Å². The van der Waals surface area contributed by atoms with Gasteiger partial charge in [-0.1, -0.05) is 66.7 Å². The summed E-state index contributed by atoms with van der Waals surface area (Å²) < 4.78 is 6.17. The second kappa shape index (κ2) is 5.56. The molecular weight excluding hydrogens is 324 g/mol. The molecule has 126 valence electrons. The topological polar surface area (TPSA) is 55.0 Å². The van der Waals surface area contributed by atoms with E-state index < -0.39 is 0 Å². The molecule has 4 heteroatoms. The summed E-state index contributed by atoms with van der Waals surface area (Å²) in [6.45, 7) is 1.77. The van der Waals surface area contributed by atoms with E-state index in [1.165, 1.54) is 0 Å². The van der Waals surface area contributed by atoms with Gasteiger partial charge < -0.3 is 9.72 Å². The lowest BCUT2D eigenvalue weighted by molar-refractivity contribution is 0.433. The number of aromatic nitrogens is 2. The lowest BCUT2D eigenvalue weighted by atomic mass is 9.83. The Labute approximate surface area is 150 Å². The van der Waals surface area contributed by atoms with E-state index in [2.05, 4.69) is 28.2 Å². The molecule has 1 atom stereocenters. The second-order valence-corrected chi connectivity index (χ2v) is 6.52. The van der Waals surface area contributed by atoms with Crippen LogP contribution in [-0.2, 0) is 0 Å². The predicted octanol–water partition coefficient (Wildman–Crippen LogP) is 4.52. The summed E-state index contributed by atoms with van der Waals surface area (Å²) in [4.78, 5) is 20.1. The summed E-state index contributed by atoms with van der Waals surface area (Å²) in [5, 5.41) is 2.12. The maximum absolute atomic E-state index is 12.8. The molecule has 0 fully saturated rings. The summed E-state index contributed by atoms with van der Waals surface area (Å²) in [6, 6.07) is 22.3. The van der Waals surface area contributed by atoms with E-state index in [9.17, 15) is 4.79 Å². The standard InChI is InChI=1S/C22H16N2O2/c1-13-23-21(25)19-18(15-8-3-2-4-9-15)17-12-11-14-7-5-6-10-16(14)20(17)26-22(19)24-13/h2-12,18H,1H3,(H,23,24,25). The van der Waals surface area contributed by atoms with Crippen molar-refractivity contribution in [1.29, 1.82) is 0 Å². The van der Waals surface area contributed by atoms with E-state index in [-0.39, 0.29) is 11.5 Å². The van der Waals surface area contributed by atoms with Gasteiger partial charge in [0.1, 0.15) is 11.6 Å². The van der Waals surface area contributed by atoms with Crippen LogP contribution in [-0.4, -0.2) is 9.97 Å². The van der Waals surface area contributed by atoms with Gasteiger partial charge in [-0.05, 0) is 17.9 Å². The van der Waals surface area contributed by atoms with Crippen molar-refractivity contribution in [3.05, 3.63) is 99.6 Å². The van der Waals surface area contributed by atoms with Crippen LogP contribution in [0, 0.1) is 6.92 Å². The molecule has 4 nitrogen and oxygen atoms in total. The molecule has 1 unspecified atom stereocenters. The smallest absolute Gasteiger partial charge is 0.258 e. The van der Waals surface area contributed by atoms with Crippen LogP contribution in [0.25, 0.3) is 10.8 Å². The molecule has 0 saturated heterocycles. The number of fused-ring (bicyclic) bond motifs is 4. The van der Waals surface area contributed by atoms with Crippen LogP contribution in [0.4, 0.5) is 0 Å². The number of nitrogens with one attached hydrogen (secondary N) is 1. The first kappa shape index (κ1) is 14.9. The van der Waals surface area contributed by atoms with Crippen LogP contribution in [0.3, 0.4) is 0 Å². The Bertz CT molecular complexity index is 1200. The van der Waals surface area contributed by atoms with Crippen molar-refractivity contribution in [1.82, 2.24) is 9.97 Å². The quantitative estimate of drug-likeness (QED) is 0.488.